The number of anilines is 1. The van der Waals surface area contributed by atoms with Crippen LogP contribution in [-0.4, -0.2) is 15.7 Å². The fourth-order valence-electron chi connectivity index (χ4n) is 2.68. The Morgan fingerprint density at radius 1 is 1.19 bits per heavy atom. The number of benzene rings is 2. The average molecular weight is 376 g/mol. The van der Waals surface area contributed by atoms with Crippen LogP contribution in [0.5, 0.6) is 0 Å². The lowest BCUT2D eigenvalue weighted by atomic mass is 10.2. The van der Waals surface area contributed by atoms with Gasteiger partial charge < -0.3 is 5.32 Å². The maximum absolute atomic E-state index is 14.0. The van der Waals surface area contributed by atoms with E-state index in [2.05, 4.69) is 10.4 Å². The predicted octanol–water partition coefficient (Wildman–Crippen LogP) is 4.73. The number of amides is 1. The minimum absolute atomic E-state index is 0.133. The summed E-state index contributed by atoms with van der Waals surface area (Å²) in [5.41, 5.74) is 2.24. The quantitative estimate of drug-likeness (QED) is 0.716. The van der Waals surface area contributed by atoms with Crippen LogP contribution < -0.4 is 5.32 Å². The van der Waals surface area contributed by atoms with Gasteiger partial charge in [0, 0.05) is 16.1 Å². The molecule has 0 saturated carbocycles. The molecule has 0 radical (unpaired) electrons. The summed E-state index contributed by atoms with van der Waals surface area (Å²) in [7, 11) is 0. The number of carbonyl (C=O) groups is 1. The lowest BCUT2D eigenvalue weighted by Crippen LogP contribution is -2.13. The molecule has 3 aromatic rings. The molecule has 0 bridgehead atoms. The van der Waals surface area contributed by atoms with Crippen LogP contribution in [0, 0.1) is 25.5 Å². The van der Waals surface area contributed by atoms with E-state index in [4.69, 9.17) is 11.6 Å². The Bertz CT molecular complexity index is 965. The normalized spacial score (nSPS) is 10.8. The van der Waals surface area contributed by atoms with Crippen LogP contribution in [0.15, 0.2) is 42.5 Å². The smallest absolute Gasteiger partial charge is 0.255 e. The van der Waals surface area contributed by atoms with Gasteiger partial charge in [0.25, 0.3) is 5.91 Å². The van der Waals surface area contributed by atoms with Gasteiger partial charge in [-0.2, -0.15) is 5.10 Å². The molecule has 7 heteroatoms. The van der Waals surface area contributed by atoms with Crippen LogP contribution in [0.3, 0.4) is 0 Å². The van der Waals surface area contributed by atoms with Gasteiger partial charge in [-0.05, 0) is 44.2 Å². The summed E-state index contributed by atoms with van der Waals surface area (Å²) in [6.07, 6.45) is 0. The molecule has 4 nitrogen and oxygen atoms in total. The standard InChI is InChI=1S/C19H16ClF2N3O/c1-11-18(23-19(26)13-5-3-6-14(21)9-13)12(2)25(24-11)10-15-16(20)7-4-8-17(15)22/h3-9H,10H2,1-2H3,(H,23,26). The lowest BCUT2D eigenvalue weighted by molar-refractivity contribution is 0.102. The Labute approximate surface area is 154 Å². The first kappa shape index (κ1) is 18.1. The molecule has 1 N–H and O–H groups in total. The van der Waals surface area contributed by atoms with Crippen LogP contribution in [0.2, 0.25) is 5.02 Å². The molecule has 2 aromatic carbocycles. The molecule has 0 spiro atoms. The SMILES string of the molecule is Cc1nn(Cc2c(F)cccc2Cl)c(C)c1NC(=O)c1cccc(F)c1. The third-order valence-electron chi connectivity index (χ3n) is 4.08. The third kappa shape index (κ3) is 3.60. The van der Waals surface area contributed by atoms with E-state index < -0.39 is 17.5 Å². The Morgan fingerprint density at radius 2 is 1.92 bits per heavy atom. The van der Waals surface area contributed by atoms with Crippen LogP contribution >= 0.6 is 11.6 Å². The topological polar surface area (TPSA) is 46.9 Å². The Hall–Kier alpha value is -2.73. The first-order chi connectivity index (χ1) is 12.4. The highest BCUT2D eigenvalue weighted by Crippen LogP contribution is 2.25. The zero-order valence-electron chi connectivity index (χ0n) is 14.2. The molecule has 0 aliphatic heterocycles. The van der Waals surface area contributed by atoms with Crippen molar-refractivity contribution in [3.63, 3.8) is 0 Å². The Morgan fingerprint density at radius 3 is 2.62 bits per heavy atom. The van der Waals surface area contributed by atoms with E-state index >= 15 is 0 Å². The predicted molar refractivity (Wildman–Crippen MR) is 96.6 cm³/mol. The summed E-state index contributed by atoms with van der Waals surface area (Å²) in [6, 6.07) is 9.89. The number of nitrogens with one attached hydrogen (secondary N) is 1. The summed E-state index contributed by atoms with van der Waals surface area (Å²) in [6.45, 7) is 3.62. The number of rotatable bonds is 4. The molecule has 26 heavy (non-hydrogen) atoms. The molecular formula is C19H16ClF2N3O. The molecule has 0 unspecified atom stereocenters. The number of aromatic nitrogens is 2. The number of halogens is 3. The van der Waals surface area contributed by atoms with Gasteiger partial charge in [-0.3, -0.25) is 9.48 Å². The maximum Gasteiger partial charge on any atom is 0.255 e. The van der Waals surface area contributed by atoms with Gasteiger partial charge in [0.15, 0.2) is 0 Å². The van der Waals surface area contributed by atoms with Crippen molar-refractivity contribution >= 4 is 23.2 Å². The van der Waals surface area contributed by atoms with E-state index in [1.54, 1.807) is 24.6 Å². The van der Waals surface area contributed by atoms with Crippen molar-refractivity contribution in [3.8, 4) is 0 Å². The molecule has 1 heterocycles. The van der Waals surface area contributed by atoms with Gasteiger partial charge in [0.05, 0.1) is 23.6 Å². The van der Waals surface area contributed by atoms with Crippen LogP contribution in [0.1, 0.15) is 27.3 Å². The highest BCUT2D eigenvalue weighted by atomic mass is 35.5. The van der Waals surface area contributed by atoms with E-state index in [9.17, 15) is 13.6 Å². The molecule has 1 amide bonds. The van der Waals surface area contributed by atoms with E-state index in [1.807, 2.05) is 0 Å². The molecule has 0 saturated heterocycles. The monoisotopic (exact) mass is 375 g/mol. The maximum atomic E-state index is 14.0. The summed E-state index contributed by atoms with van der Waals surface area (Å²) in [5.74, 6) is -1.36. The van der Waals surface area contributed by atoms with Crippen molar-refractivity contribution in [2.75, 3.05) is 5.32 Å². The van der Waals surface area contributed by atoms with Crippen molar-refractivity contribution in [1.29, 1.82) is 0 Å². The Kier molecular flexibility index (Phi) is 5.04. The number of aryl methyl sites for hydroxylation is 1. The van der Waals surface area contributed by atoms with Crippen molar-refractivity contribution in [2.45, 2.75) is 20.4 Å². The van der Waals surface area contributed by atoms with E-state index in [0.717, 1.165) is 6.07 Å². The summed E-state index contributed by atoms with van der Waals surface area (Å²) < 4.78 is 28.9. The number of hydrogen-bond acceptors (Lipinski definition) is 2. The van der Waals surface area contributed by atoms with Crippen molar-refractivity contribution in [3.05, 3.63) is 81.6 Å². The van der Waals surface area contributed by atoms with Gasteiger partial charge in [-0.25, -0.2) is 8.78 Å². The van der Waals surface area contributed by atoms with Gasteiger partial charge in [0.2, 0.25) is 0 Å². The highest BCUT2D eigenvalue weighted by molar-refractivity contribution is 6.31. The molecule has 1 aromatic heterocycles. The van der Waals surface area contributed by atoms with Gasteiger partial charge in [-0.15, -0.1) is 0 Å². The minimum atomic E-state index is -0.490. The van der Waals surface area contributed by atoms with Crippen molar-refractivity contribution < 1.29 is 13.6 Å². The van der Waals surface area contributed by atoms with E-state index in [-0.39, 0.29) is 12.1 Å². The molecule has 3 rings (SSSR count). The van der Waals surface area contributed by atoms with Crippen molar-refractivity contribution in [1.82, 2.24) is 9.78 Å². The molecule has 0 atom stereocenters. The number of carbonyl (C=O) groups excluding carboxylic acids is 1. The molecular weight excluding hydrogens is 360 g/mol. The lowest BCUT2D eigenvalue weighted by Gasteiger charge is -2.09. The van der Waals surface area contributed by atoms with Gasteiger partial charge >= 0.3 is 0 Å². The summed E-state index contributed by atoms with van der Waals surface area (Å²) >= 11 is 6.07. The highest BCUT2D eigenvalue weighted by Gasteiger charge is 2.17. The average Bonchev–Trinajstić information content (AvgIpc) is 2.85. The van der Waals surface area contributed by atoms with Gasteiger partial charge in [-0.1, -0.05) is 23.7 Å². The van der Waals surface area contributed by atoms with E-state index in [1.165, 1.54) is 30.3 Å². The third-order valence-corrected chi connectivity index (χ3v) is 4.43. The number of nitrogens with zero attached hydrogens (tertiary/aromatic N) is 2. The van der Waals surface area contributed by atoms with Crippen molar-refractivity contribution in [2.24, 2.45) is 0 Å². The molecule has 134 valence electrons. The van der Waals surface area contributed by atoms with Crippen LogP contribution in [0.25, 0.3) is 0 Å². The number of hydrogen-bond donors (Lipinski definition) is 1. The minimum Gasteiger partial charge on any atom is -0.319 e. The largest absolute Gasteiger partial charge is 0.319 e. The second-order valence-corrected chi connectivity index (χ2v) is 6.28. The first-order valence-corrected chi connectivity index (χ1v) is 8.28. The second-order valence-electron chi connectivity index (χ2n) is 5.87. The fourth-order valence-corrected chi connectivity index (χ4v) is 2.90. The molecule has 0 aliphatic carbocycles. The second kappa shape index (κ2) is 7.25. The fraction of sp³-hybridized carbons (Fsp3) is 0.158. The summed E-state index contributed by atoms with van der Waals surface area (Å²) in [4.78, 5) is 12.4. The summed E-state index contributed by atoms with van der Waals surface area (Å²) in [5, 5.41) is 7.40. The van der Waals surface area contributed by atoms with Crippen LogP contribution in [-0.2, 0) is 6.54 Å². The molecule has 0 aliphatic rings. The Balaban J connectivity index is 1.88. The van der Waals surface area contributed by atoms with Gasteiger partial charge in [0.1, 0.15) is 11.6 Å². The van der Waals surface area contributed by atoms with Crippen LogP contribution in [0.4, 0.5) is 14.5 Å². The molecule has 0 fully saturated rings. The first-order valence-electron chi connectivity index (χ1n) is 7.90. The zero-order chi connectivity index (χ0) is 18.8. The van der Waals surface area contributed by atoms with E-state index in [0.29, 0.717) is 27.7 Å². The zero-order valence-corrected chi connectivity index (χ0v) is 14.9.